The largest absolute Gasteiger partial charge is 0.490 e. The van der Waals surface area contributed by atoms with Crippen LogP contribution in [-0.4, -0.2) is 6.10 Å². The molecule has 2 aliphatic carbocycles. The molecule has 0 aromatic heterocycles. The number of rotatable bonds is 4. The summed E-state index contributed by atoms with van der Waals surface area (Å²) in [5.74, 6) is 1.92. The number of fused-ring (bicyclic) bond motifs is 1. The van der Waals surface area contributed by atoms with Gasteiger partial charge in [0.05, 0.1) is 6.10 Å². The molecule has 2 fully saturated rings. The first-order valence-electron chi connectivity index (χ1n) is 10.2. The Morgan fingerprint density at radius 3 is 2.28 bits per heavy atom. The number of ether oxygens (including phenoxy) is 1. The molecular formula is C24H32O. The smallest absolute Gasteiger partial charge is 0.120 e. The lowest BCUT2D eigenvalue weighted by molar-refractivity contribution is 0.108. The first kappa shape index (κ1) is 16.9. The molecule has 1 spiro atoms. The molecule has 0 bridgehead atoms. The van der Waals surface area contributed by atoms with Gasteiger partial charge in [-0.2, -0.15) is 0 Å². The Morgan fingerprint density at radius 2 is 1.64 bits per heavy atom. The van der Waals surface area contributed by atoms with Crippen LogP contribution in [0.15, 0.2) is 36.4 Å². The van der Waals surface area contributed by atoms with E-state index in [-0.39, 0.29) is 0 Å². The molecule has 1 nitrogen and oxygen atoms in total. The lowest BCUT2D eigenvalue weighted by Crippen LogP contribution is -2.27. The van der Waals surface area contributed by atoms with E-state index in [1.54, 1.807) is 0 Å². The average molecular weight is 337 g/mol. The molecule has 134 valence electrons. The second-order valence-electron chi connectivity index (χ2n) is 9.01. The summed E-state index contributed by atoms with van der Waals surface area (Å²) in [4.78, 5) is 0. The summed E-state index contributed by atoms with van der Waals surface area (Å²) in [6, 6.07) is 13.4. The highest BCUT2D eigenvalue weighted by Crippen LogP contribution is 2.74. The maximum atomic E-state index is 6.37. The molecule has 1 atom stereocenters. The van der Waals surface area contributed by atoms with Crippen LogP contribution >= 0.6 is 0 Å². The van der Waals surface area contributed by atoms with Gasteiger partial charge in [0, 0.05) is 0 Å². The van der Waals surface area contributed by atoms with E-state index >= 15 is 0 Å². The standard InChI is InChI=1S/C24H32O/c1-5-6-18-7-8-20-16-22(10-9-19(20)15-18)25-21-11-13-24(14-12-21)17(2)23(24,3)4/h7-10,15-17,21H,5-6,11-14H2,1-4H3. The Kier molecular flexibility index (Phi) is 4.09. The molecular weight excluding hydrogens is 304 g/mol. The third-order valence-electron chi connectivity index (χ3n) is 7.65. The van der Waals surface area contributed by atoms with E-state index in [9.17, 15) is 0 Å². The zero-order chi connectivity index (χ0) is 17.7. The van der Waals surface area contributed by atoms with E-state index in [2.05, 4.69) is 64.1 Å². The summed E-state index contributed by atoms with van der Waals surface area (Å²) in [6.07, 6.45) is 7.84. The molecule has 0 aliphatic heterocycles. The summed E-state index contributed by atoms with van der Waals surface area (Å²) >= 11 is 0. The van der Waals surface area contributed by atoms with Gasteiger partial charge >= 0.3 is 0 Å². The third kappa shape index (κ3) is 2.76. The van der Waals surface area contributed by atoms with Gasteiger partial charge < -0.3 is 4.74 Å². The molecule has 0 radical (unpaired) electrons. The summed E-state index contributed by atoms with van der Waals surface area (Å²) in [7, 11) is 0. The molecule has 1 unspecified atom stereocenters. The van der Waals surface area contributed by atoms with Crippen molar-refractivity contribution in [2.45, 2.75) is 72.3 Å². The molecule has 1 heteroatoms. The summed E-state index contributed by atoms with van der Waals surface area (Å²) in [5, 5.41) is 2.62. The van der Waals surface area contributed by atoms with Crippen molar-refractivity contribution >= 4 is 10.8 Å². The van der Waals surface area contributed by atoms with Gasteiger partial charge in [-0.3, -0.25) is 0 Å². The van der Waals surface area contributed by atoms with Gasteiger partial charge in [-0.25, -0.2) is 0 Å². The Bertz CT molecular complexity index is 765. The molecule has 0 amide bonds. The topological polar surface area (TPSA) is 9.23 Å². The van der Waals surface area contributed by atoms with Crippen molar-refractivity contribution < 1.29 is 4.74 Å². The molecule has 2 aromatic rings. The second-order valence-corrected chi connectivity index (χ2v) is 9.01. The van der Waals surface area contributed by atoms with E-state index < -0.39 is 0 Å². The van der Waals surface area contributed by atoms with E-state index in [1.807, 2.05) is 0 Å². The minimum absolute atomic E-state index is 0.394. The van der Waals surface area contributed by atoms with E-state index in [1.165, 1.54) is 48.4 Å². The van der Waals surface area contributed by atoms with Crippen LogP contribution in [0.25, 0.3) is 10.8 Å². The van der Waals surface area contributed by atoms with Crippen LogP contribution < -0.4 is 4.74 Å². The highest BCUT2D eigenvalue weighted by Gasteiger charge is 2.67. The summed E-state index contributed by atoms with van der Waals surface area (Å²) in [5.41, 5.74) is 2.57. The highest BCUT2D eigenvalue weighted by atomic mass is 16.5. The predicted molar refractivity (Wildman–Crippen MR) is 106 cm³/mol. The molecule has 25 heavy (non-hydrogen) atoms. The Labute approximate surface area is 152 Å². The number of benzene rings is 2. The van der Waals surface area contributed by atoms with Crippen molar-refractivity contribution in [3.63, 3.8) is 0 Å². The first-order valence-corrected chi connectivity index (χ1v) is 10.2. The monoisotopic (exact) mass is 336 g/mol. The van der Waals surface area contributed by atoms with Crippen LogP contribution in [0.5, 0.6) is 5.75 Å². The number of hydrogen-bond donors (Lipinski definition) is 0. The van der Waals surface area contributed by atoms with Crippen LogP contribution in [-0.2, 0) is 6.42 Å². The lowest BCUT2D eigenvalue weighted by Gasteiger charge is -2.31. The molecule has 2 aliphatic rings. The van der Waals surface area contributed by atoms with Crippen LogP contribution in [0.3, 0.4) is 0 Å². The third-order valence-corrected chi connectivity index (χ3v) is 7.65. The fraction of sp³-hybridized carbons (Fsp3) is 0.583. The van der Waals surface area contributed by atoms with E-state index in [4.69, 9.17) is 4.74 Å². The van der Waals surface area contributed by atoms with Gasteiger partial charge in [-0.05, 0) is 77.3 Å². The number of aryl methyl sites for hydroxylation is 1. The number of hydrogen-bond acceptors (Lipinski definition) is 1. The minimum atomic E-state index is 0.394. The van der Waals surface area contributed by atoms with Crippen molar-refractivity contribution in [2.24, 2.45) is 16.7 Å². The van der Waals surface area contributed by atoms with Crippen LogP contribution in [0.1, 0.15) is 65.4 Å². The van der Waals surface area contributed by atoms with Crippen molar-refractivity contribution in [3.8, 4) is 5.75 Å². The summed E-state index contributed by atoms with van der Waals surface area (Å²) in [6.45, 7) is 9.58. The predicted octanol–water partition coefficient (Wildman–Crippen LogP) is 6.78. The Hall–Kier alpha value is -1.50. The highest BCUT2D eigenvalue weighted by molar-refractivity contribution is 5.84. The Balaban J connectivity index is 1.42. The molecule has 0 saturated heterocycles. The maximum absolute atomic E-state index is 6.37. The second kappa shape index (κ2) is 6.04. The Morgan fingerprint density at radius 1 is 1.00 bits per heavy atom. The molecule has 4 rings (SSSR count). The quantitative estimate of drug-likeness (QED) is 0.598. The molecule has 2 aromatic carbocycles. The van der Waals surface area contributed by atoms with Crippen LogP contribution in [0.2, 0.25) is 0 Å². The van der Waals surface area contributed by atoms with Crippen LogP contribution in [0, 0.1) is 16.7 Å². The van der Waals surface area contributed by atoms with Gasteiger partial charge in [0.1, 0.15) is 5.75 Å². The van der Waals surface area contributed by atoms with Crippen molar-refractivity contribution in [1.29, 1.82) is 0 Å². The van der Waals surface area contributed by atoms with Crippen molar-refractivity contribution in [1.82, 2.24) is 0 Å². The summed E-state index contributed by atoms with van der Waals surface area (Å²) < 4.78 is 6.37. The van der Waals surface area contributed by atoms with E-state index in [0.29, 0.717) is 16.9 Å². The zero-order valence-corrected chi connectivity index (χ0v) is 16.3. The van der Waals surface area contributed by atoms with Crippen molar-refractivity contribution in [2.75, 3.05) is 0 Å². The first-order chi connectivity index (χ1) is 12.0. The normalized spacial score (nSPS) is 30.6. The van der Waals surface area contributed by atoms with Gasteiger partial charge in [0.25, 0.3) is 0 Å². The lowest BCUT2D eigenvalue weighted by atomic mass is 9.79. The van der Waals surface area contributed by atoms with Gasteiger partial charge in [-0.15, -0.1) is 0 Å². The average Bonchev–Trinajstić information content (AvgIpc) is 3.02. The SMILES string of the molecule is CCCc1ccc2cc(OC3CCC4(CC3)C(C)C4(C)C)ccc2c1. The minimum Gasteiger partial charge on any atom is -0.490 e. The van der Waals surface area contributed by atoms with Gasteiger partial charge in [0.15, 0.2) is 0 Å². The van der Waals surface area contributed by atoms with Gasteiger partial charge in [0.2, 0.25) is 0 Å². The molecule has 2 saturated carbocycles. The maximum Gasteiger partial charge on any atom is 0.120 e. The zero-order valence-electron chi connectivity index (χ0n) is 16.3. The van der Waals surface area contributed by atoms with Crippen LogP contribution in [0.4, 0.5) is 0 Å². The van der Waals surface area contributed by atoms with E-state index in [0.717, 1.165) is 18.1 Å². The fourth-order valence-electron chi connectivity index (χ4n) is 5.52. The molecule has 0 heterocycles. The fourth-order valence-corrected chi connectivity index (χ4v) is 5.52. The molecule has 0 N–H and O–H groups in total. The van der Waals surface area contributed by atoms with Gasteiger partial charge in [-0.1, -0.05) is 58.4 Å². The van der Waals surface area contributed by atoms with Crippen molar-refractivity contribution in [3.05, 3.63) is 42.0 Å².